The number of rotatable bonds is 7. The van der Waals surface area contributed by atoms with Gasteiger partial charge in [-0.25, -0.2) is 4.68 Å². The van der Waals surface area contributed by atoms with Crippen LogP contribution in [0.3, 0.4) is 0 Å². The molecule has 0 aliphatic heterocycles. The maximum atomic E-state index is 12.6. The van der Waals surface area contributed by atoms with E-state index in [2.05, 4.69) is 86.9 Å². The molecule has 1 aromatic carbocycles. The Morgan fingerprint density at radius 1 is 1.26 bits per heavy atom. The maximum Gasteiger partial charge on any atom is 0.253 e. The third-order valence-corrected chi connectivity index (χ3v) is 7.91. The summed E-state index contributed by atoms with van der Waals surface area (Å²) < 4.78 is 1.77. The van der Waals surface area contributed by atoms with Crippen molar-refractivity contribution < 1.29 is 4.79 Å². The summed E-state index contributed by atoms with van der Waals surface area (Å²) in [5.41, 5.74) is 5.30. The van der Waals surface area contributed by atoms with Gasteiger partial charge < -0.3 is 5.32 Å². The Morgan fingerprint density at radius 3 is 2.40 bits per heavy atom. The highest BCUT2D eigenvalue weighted by Crippen LogP contribution is 2.53. The molecular weight excluding hydrogens is 491 g/mol. The molecule has 3 atom stereocenters. The minimum atomic E-state index is -0.416. The molecule has 1 aliphatic carbocycles. The highest BCUT2D eigenvalue weighted by molar-refractivity contribution is 7.40. The lowest BCUT2D eigenvalue weighted by Crippen LogP contribution is -2.29. The van der Waals surface area contributed by atoms with E-state index in [1.165, 1.54) is 16.9 Å². The number of hydrogen-bond acceptors (Lipinski definition) is 5. The second-order valence-electron chi connectivity index (χ2n) is 10.4. The van der Waals surface area contributed by atoms with Gasteiger partial charge >= 0.3 is 0 Å². The van der Waals surface area contributed by atoms with E-state index < -0.39 is 5.31 Å². The van der Waals surface area contributed by atoms with Gasteiger partial charge in [-0.2, -0.15) is 5.26 Å². The van der Waals surface area contributed by atoms with E-state index in [1.807, 2.05) is 6.20 Å². The van der Waals surface area contributed by atoms with Gasteiger partial charge in [-0.1, -0.05) is 43.4 Å². The van der Waals surface area contributed by atoms with Crippen molar-refractivity contribution in [2.24, 2.45) is 0 Å². The molecule has 0 bridgehead atoms. The van der Waals surface area contributed by atoms with Gasteiger partial charge in [0.2, 0.25) is 0 Å². The molecule has 2 radical (unpaired) electrons. The van der Waals surface area contributed by atoms with Gasteiger partial charge in [0.25, 0.3) is 5.91 Å². The van der Waals surface area contributed by atoms with Gasteiger partial charge in [-0.3, -0.25) is 4.79 Å². The second-order valence-corrected chi connectivity index (χ2v) is 14.6. The quantitative estimate of drug-likeness (QED) is 0.338. The largest absolute Gasteiger partial charge is 0.349 e. The van der Waals surface area contributed by atoms with Crippen molar-refractivity contribution in [1.82, 2.24) is 20.3 Å². The molecule has 0 spiro atoms. The molecule has 6 nitrogen and oxygen atoms in total. The number of thiophene rings is 1. The SMILES string of the molecule is [B]C(C)(C)C(c1cc(C)c(-n2cc(-c3cc(C(=O)NC4CC4)c(C#N)s3)nn2)c(C)c1)C(C)(P)P. The Bertz CT molecular complexity index is 1290. The molecule has 4 rings (SSSR count). The van der Waals surface area contributed by atoms with Crippen LogP contribution in [-0.2, 0) is 0 Å². The van der Waals surface area contributed by atoms with Gasteiger partial charge in [0.05, 0.1) is 30.2 Å². The van der Waals surface area contributed by atoms with Crippen LogP contribution < -0.4 is 5.32 Å². The molecular formula is C25H30BN5OP2S. The summed E-state index contributed by atoms with van der Waals surface area (Å²) in [5, 5.41) is 20.8. The minimum Gasteiger partial charge on any atom is -0.349 e. The summed E-state index contributed by atoms with van der Waals surface area (Å²) in [6, 6.07) is 8.47. The summed E-state index contributed by atoms with van der Waals surface area (Å²) in [7, 11) is 12.4. The lowest BCUT2D eigenvalue weighted by Gasteiger charge is -2.41. The van der Waals surface area contributed by atoms with E-state index in [4.69, 9.17) is 7.85 Å². The molecule has 1 aliphatic rings. The van der Waals surface area contributed by atoms with Crippen molar-refractivity contribution in [3.8, 4) is 22.3 Å². The van der Waals surface area contributed by atoms with Gasteiger partial charge in [0, 0.05) is 10.9 Å². The Hall–Kier alpha value is -2.06. The van der Waals surface area contributed by atoms with Crippen molar-refractivity contribution in [1.29, 1.82) is 5.26 Å². The minimum absolute atomic E-state index is 0.0958. The summed E-state index contributed by atoms with van der Waals surface area (Å²) >= 11 is 1.26. The lowest BCUT2D eigenvalue weighted by molar-refractivity contribution is 0.0951. The van der Waals surface area contributed by atoms with Crippen LogP contribution >= 0.6 is 29.8 Å². The van der Waals surface area contributed by atoms with Crippen LogP contribution in [0.1, 0.15) is 71.5 Å². The normalized spacial score (nSPS) is 15.0. The van der Waals surface area contributed by atoms with E-state index in [1.54, 1.807) is 10.7 Å². The second kappa shape index (κ2) is 9.43. The summed E-state index contributed by atoms with van der Waals surface area (Å²) in [5.74, 6) is -0.104. The van der Waals surface area contributed by atoms with Crippen LogP contribution in [0.25, 0.3) is 16.3 Å². The smallest absolute Gasteiger partial charge is 0.253 e. The highest BCUT2D eigenvalue weighted by Gasteiger charge is 2.36. The number of carbonyl (C=O) groups is 1. The van der Waals surface area contributed by atoms with Crippen molar-refractivity contribution in [2.75, 3.05) is 0 Å². The predicted molar refractivity (Wildman–Crippen MR) is 150 cm³/mol. The molecule has 180 valence electrons. The molecule has 2 heterocycles. The predicted octanol–water partition coefficient (Wildman–Crippen LogP) is 5.29. The Morgan fingerprint density at radius 2 is 1.89 bits per heavy atom. The van der Waals surface area contributed by atoms with Gasteiger partial charge in [0.1, 0.15) is 16.6 Å². The number of carbonyl (C=O) groups excluding carboxylic acids is 1. The fraction of sp³-hybridized carbons (Fsp3) is 0.440. The number of hydrogen-bond donors (Lipinski definition) is 1. The zero-order chi connectivity index (χ0) is 25.7. The van der Waals surface area contributed by atoms with Crippen molar-refractivity contribution in [3.05, 3.63) is 51.5 Å². The zero-order valence-electron chi connectivity index (χ0n) is 20.7. The van der Waals surface area contributed by atoms with E-state index >= 15 is 0 Å². The van der Waals surface area contributed by atoms with Crippen LogP contribution in [0.15, 0.2) is 24.4 Å². The van der Waals surface area contributed by atoms with Gasteiger partial charge in [0.15, 0.2) is 0 Å². The first-order valence-electron chi connectivity index (χ1n) is 11.5. The summed E-state index contributed by atoms with van der Waals surface area (Å²) in [4.78, 5) is 13.5. The first kappa shape index (κ1) is 26.0. The third kappa shape index (κ3) is 5.53. The van der Waals surface area contributed by atoms with E-state index in [9.17, 15) is 10.1 Å². The summed E-state index contributed by atoms with van der Waals surface area (Å²) in [6.45, 7) is 10.4. The molecule has 1 fully saturated rings. The number of nitriles is 1. The first-order chi connectivity index (χ1) is 16.3. The molecule has 2 aromatic heterocycles. The topological polar surface area (TPSA) is 83.6 Å². The van der Waals surface area contributed by atoms with E-state index in [0.29, 0.717) is 16.1 Å². The van der Waals surface area contributed by atoms with E-state index in [0.717, 1.165) is 34.5 Å². The van der Waals surface area contributed by atoms with Gasteiger partial charge in [-0.05, 0) is 55.4 Å². The van der Waals surface area contributed by atoms with Crippen LogP contribution in [0.2, 0.25) is 5.31 Å². The maximum absolute atomic E-state index is 12.6. The average Bonchev–Trinajstić information content (AvgIpc) is 3.22. The molecule has 10 heteroatoms. The van der Waals surface area contributed by atoms with Crippen molar-refractivity contribution in [2.45, 2.75) is 69.6 Å². The van der Waals surface area contributed by atoms with Crippen molar-refractivity contribution >= 4 is 43.6 Å². The van der Waals surface area contributed by atoms with Crippen LogP contribution in [0.5, 0.6) is 0 Å². The number of benzene rings is 1. The molecule has 3 aromatic rings. The van der Waals surface area contributed by atoms with Crippen molar-refractivity contribution in [3.63, 3.8) is 0 Å². The molecule has 1 saturated carbocycles. The Labute approximate surface area is 217 Å². The summed E-state index contributed by atoms with van der Waals surface area (Å²) in [6.07, 6.45) is 3.84. The monoisotopic (exact) mass is 521 g/mol. The molecule has 1 amide bonds. The first-order valence-corrected chi connectivity index (χ1v) is 13.5. The van der Waals surface area contributed by atoms with Crippen LogP contribution in [0, 0.1) is 25.2 Å². The van der Waals surface area contributed by atoms with Crippen LogP contribution in [0.4, 0.5) is 0 Å². The third-order valence-electron chi connectivity index (χ3n) is 6.18. The standard InChI is InChI=1S/C25H30BN5OP2S/c1-13-8-15(22(24(3,4)26)25(5,33)34)9-14(2)21(13)31-12-18(29-30-31)19-10-17(20(11-27)35-19)23(32)28-16-6-7-16/h8-10,12,16,22H,6-7,33-34H2,1-5H3,(H,28,32). The number of nitrogens with one attached hydrogen (secondary N) is 1. The number of aromatic nitrogens is 3. The molecule has 35 heavy (non-hydrogen) atoms. The molecule has 3 unspecified atom stereocenters. The average molecular weight is 521 g/mol. The van der Waals surface area contributed by atoms with E-state index in [-0.39, 0.29) is 22.8 Å². The van der Waals surface area contributed by atoms with Crippen LogP contribution in [-0.4, -0.2) is 39.7 Å². The Kier molecular flexibility index (Phi) is 7.01. The van der Waals surface area contributed by atoms with Gasteiger partial charge in [-0.15, -0.1) is 34.9 Å². The number of aryl methyl sites for hydroxylation is 2. The number of nitrogens with zero attached hydrogens (tertiary/aromatic N) is 4. The number of amides is 1. The molecule has 1 N–H and O–H groups in total. The zero-order valence-corrected chi connectivity index (χ0v) is 23.8. The highest BCUT2D eigenvalue weighted by atomic mass is 32.1. The fourth-order valence-electron chi connectivity index (χ4n) is 4.85. The fourth-order valence-corrected chi connectivity index (χ4v) is 7.00. The lowest BCUT2D eigenvalue weighted by atomic mass is 9.60. The Balaban J connectivity index is 1.68. The molecule has 0 saturated heterocycles.